The van der Waals surface area contributed by atoms with E-state index < -0.39 is 0 Å². The number of hydrogen-bond donors (Lipinski definition) is 1. The first-order valence-corrected chi connectivity index (χ1v) is 9.96. The van der Waals surface area contributed by atoms with Crippen LogP contribution in [0.3, 0.4) is 0 Å². The van der Waals surface area contributed by atoms with Crippen LogP contribution >= 0.6 is 11.3 Å². The van der Waals surface area contributed by atoms with Crippen molar-refractivity contribution in [2.24, 2.45) is 0 Å². The van der Waals surface area contributed by atoms with E-state index in [4.69, 9.17) is 9.47 Å². The number of rotatable bonds is 8. The topological polar surface area (TPSA) is 60.5 Å². The molecule has 3 aromatic rings. The number of amides is 1. The maximum atomic E-state index is 12.1. The molecule has 0 unspecified atom stereocenters. The quantitative estimate of drug-likeness (QED) is 0.530. The molecule has 6 heteroatoms. The lowest BCUT2D eigenvalue weighted by Gasteiger charge is -2.03. The van der Waals surface area contributed by atoms with E-state index in [2.05, 4.69) is 10.3 Å². The highest BCUT2D eigenvalue weighted by Gasteiger charge is 2.07. The normalized spacial score (nSPS) is 10.8. The molecule has 0 saturated heterocycles. The molecule has 0 fully saturated rings. The second-order valence-electron chi connectivity index (χ2n) is 5.82. The summed E-state index contributed by atoms with van der Waals surface area (Å²) in [5.74, 6) is 1.42. The van der Waals surface area contributed by atoms with Gasteiger partial charge in [-0.15, -0.1) is 11.3 Å². The van der Waals surface area contributed by atoms with Crippen molar-refractivity contribution in [3.63, 3.8) is 0 Å². The van der Waals surface area contributed by atoms with E-state index in [9.17, 15) is 4.79 Å². The zero-order valence-corrected chi connectivity index (χ0v) is 16.7. The fraction of sp³-hybridized carbons (Fsp3) is 0.182. The van der Waals surface area contributed by atoms with Crippen LogP contribution in [-0.2, 0) is 4.79 Å². The second-order valence-corrected chi connectivity index (χ2v) is 6.68. The molecule has 28 heavy (non-hydrogen) atoms. The molecule has 0 radical (unpaired) electrons. The Morgan fingerprint density at radius 2 is 1.61 bits per heavy atom. The number of thiazole rings is 1. The smallest absolute Gasteiger partial charge is 0.250 e. The standard InChI is InChI=1S/C22H22N2O3S/c1-3-26-18-10-5-16(6-11-18)7-14-21(25)24-22-23-20(15-28-22)17-8-12-19(13-9-17)27-4-2/h5-15H,3-4H2,1-2H3,(H,23,24,25). The molecule has 1 aromatic heterocycles. The molecule has 2 aromatic carbocycles. The van der Waals surface area contributed by atoms with Crippen LogP contribution in [0.15, 0.2) is 60.0 Å². The molecule has 1 heterocycles. The molecule has 144 valence electrons. The number of hydrogen-bond acceptors (Lipinski definition) is 5. The zero-order valence-electron chi connectivity index (χ0n) is 15.8. The lowest BCUT2D eigenvalue weighted by atomic mass is 10.2. The molecular weight excluding hydrogens is 372 g/mol. The summed E-state index contributed by atoms with van der Waals surface area (Å²) in [6, 6.07) is 15.3. The van der Waals surface area contributed by atoms with E-state index in [-0.39, 0.29) is 5.91 Å². The van der Waals surface area contributed by atoms with Crippen LogP contribution in [-0.4, -0.2) is 24.1 Å². The molecule has 0 atom stereocenters. The van der Waals surface area contributed by atoms with Crippen molar-refractivity contribution in [1.82, 2.24) is 4.98 Å². The van der Waals surface area contributed by atoms with Crippen LogP contribution in [0.2, 0.25) is 0 Å². The Morgan fingerprint density at radius 3 is 2.21 bits per heavy atom. The van der Waals surface area contributed by atoms with E-state index >= 15 is 0 Å². The van der Waals surface area contributed by atoms with E-state index in [1.807, 2.05) is 67.8 Å². The first-order valence-electron chi connectivity index (χ1n) is 9.08. The van der Waals surface area contributed by atoms with Crippen molar-refractivity contribution in [2.45, 2.75) is 13.8 Å². The van der Waals surface area contributed by atoms with Crippen molar-refractivity contribution < 1.29 is 14.3 Å². The molecule has 0 spiro atoms. The lowest BCUT2D eigenvalue weighted by molar-refractivity contribution is -0.111. The van der Waals surface area contributed by atoms with E-state index in [0.29, 0.717) is 18.3 Å². The van der Waals surface area contributed by atoms with Gasteiger partial charge in [0.1, 0.15) is 11.5 Å². The van der Waals surface area contributed by atoms with E-state index in [1.54, 1.807) is 6.08 Å². The Hall–Kier alpha value is -3.12. The van der Waals surface area contributed by atoms with E-state index in [0.717, 1.165) is 28.3 Å². The Labute approximate surface area is 168 Å². The highest BCUT2D eigenvalue weighted by Crippen LogP contribution is 2.26. The van der Waals surface area contributed by atoms with Crippen LogP contribution in [0, 0.1) is 0 Å². The minimum atomic E-state index is -0.221. The summed E-state index contributed by atoms with van der Waals surface area (Å²) in [7, 11) is 0. The van der Waals surface area contributed by atoms with Crippen LogP contribution in [0.25, 0.3) is 17.3 Å². The molecule has 1 amide bonds. The fourth-order valence-corrected chi connectivity index (χ4v) is 3.24. The van der Waals surface area contributed by atoms with Gasteiger partial charge in [-0.1, -0.05) is 12.1 Å². The molecule has 0 saturated carbocycles. The third-order valence-electron chi connectivity index (χ3n) is 3.81. The summed E-state index contributed by atoms with van der Waals surface area (Å²) < 4.78 is 10.9. The van der Waals surface area contributed by atoms with Crippen molar-refractivity contribution in [3.8, 4) is 22.8 Å². The third kappa shape index (κ3) is 5.44. The molecule has 1 N–H and O–H groups in total. The molecule has 0 aliphatic rings. The van der Waals surface area contributed by atoms with Gasteiger partial charge >= 0.3 is 0 Å². The van der Waals surface area contributed by atoms with Crippen LogP contribution < -0.4 is 14.8 Å². The number of nitrogens with zero attached hydrogens (tertiary/aromatic N) is 1. The maximum Gasteiger partial charge on any atom is 0.250 e. The first-order chi connectivity index (χ1) is 13.7. The summed E-state index contributed by atoms with van der Waals surface area (Å²) in [6.45, 7) is 5.16. The number of carbonyl (C=O) groups is 1. The van der Waals surface area contributed by atoms with Gasteiger partial charge in [-0.3, -0.25) is 10.1 Å². The summed E-state index contributed by atoms with van der Waals surface area (Å²) in [5.41, 5.74) is 2.72. The number of ether oxygens (including phenoxy) is 2. The van der Waals surface area contributed by atoms with Crippen molar-refractivity contribution in [3.05, 3.63) is 65.6 Å². The second kappa shape index (κ2) is 9.71. The molecule has 0 aliphatic heterocycles. The largest absolute Gasteiger partial charge is 0.494 e. The maximum absolute atomic E-state index is 12.1. The Morgan fingerprint density at radius 1 is 1.00 bits per heavy atom. The van der Waals surface area contributed by atoms with Gasteiger partial charge in [-0.05, 0) is 61.9 Å². The minimum Gasteiger partial charge on any atom is -0.494 e. The Kier molecular flexibility index (Phi) is 6.81. The SMILES string of the molecule is CCOc1ccc(C=CC(=O)Nc2nc(-c3ccc(OCC)cc3)cs2)cc1. The average molecular weight is 394 g/mol. The Balaban J connectivity index is 1.58. The van der Waals surface area contributed by atoms with Gasteiger partial charge in [0.15, 0.2) is 5.13 Å². The zero-order chi connectivity index (χ0) is 19.8. The van der Waals surface area contributed by atoms with Crippen LogP contribution in [0.1, 0.15) is 19.4 Å². The third-order valence-corrected chi connectivity index (χ3v) is 4.57. The minimum absolute atomic E-state index is 0.221. The van der Waals surface area contributed by atoms with Crippen molar-refractivity contribution in [2.75, 3.05) is 18.5 Å². The molecule has 5 nitrogen and oxygen atoms in total. The summed E-state index contributed by atoms with van der Waals surface area (Å²) in [4.78, 5) is 16.6. The van der Waals surface area contributed by atoms with Gasteiger partial charge in [-0.25, -0.2) is 4.98 Å². The lowest BCUT2D eigenvalue weighted by Crippen LogP contribution is -2.07. The summed E-state index contributed by atoms with van der Waals surface area (Å²) in [6.07, 6.45) is 3.25. The number of nitrogens with one attached hydrogen (secondary N) is 1. The van der Waals surface area contributed by atoms with Crippen LogP contribution in [0.5, 0.6) is 11.5 Å². The summed E-state index contributed by atoms with van der Waals surface area (Å²) in [5, 5.41) is 5.28. The molecular formula is C22H22N2O3S. The first kappa shape index (κ1) is 19.6. The van der Waals surface area contributed by atoms with Gasteiger partial charge in [0.05, 0.1) is 18.9 Å². The van der Waals surface area contributed by atoms with Gasteiger partial charge in [0.25, 0.3) is 0 Å². The summed E-state index contributed by atoms with van der Waals surface area (Å²) >= 11 is 1.39. The number of benzene rings is 2. The highest BCUT2D eigenvalue weighted by atomic mass is 32.1. The van der Waals surface area contributed by atoms with E-state index in [1.165, 1.54) is 17.4 Å². The number of carbonyl (C=O) groups excluding carboxylic acids is 1. The predicted molar refractivity (Wildman–Crippen MR) is 114 cm³/mol. The average Bonchev–Trinajstić information content (AvgIpc) is 3.17. The van der Waals surface area contributed by atoms with Crippen molar-refractivity contribution >= 4 is 28.5 Å². The number of anilines is 1. The van der Waals surface area contributed by atoms with Gasteiger partial charge in [0, 0.05) is 17.0 Å². The Bertz CT molecular complexity index is 931. The molecule has 3 rings (SSSR count). The van der Waals surface area contributed by atoms with Gasteiger partial charge in [-0.2, -0.15) is 0 Å². The van der Waals surface area contributed by atoms with Crippen molar-refractivity contribution in [1.29, 1.82) is 0 Å². The predicted octanol–water partition coefficient (Wildman–Crippen LogP) is 5.26. The van der Waals surface area contributed by atoms with Gasteiger partial charge < -0.3 is 9.47 Å². The monoisotopic (exact) mass is 394 g/mol. The van der Waals surface area contributed by atoms with Gasteiger partial charge in [0.2, 0.25) is 5.91 Å². The fourth-order valence-electron chi connectivity index (χ4n) is 2.51. The highest BCUT2D eigenvalue weighted by molar-refractivity contribution is 7.14. The molecule has 0 aliphatic carbocycles. The number of aromatic nitrogens is 1. The molecule has 0 bridgehead atoms. The van der Waals surface area contributed by atoms with Crippen LogP contribution in [0.4, 0.5) is 5.13 Å².